The summed E-state index contributed by atoms with van der Waals surface area (Å²) in [5, 5.41) is 0. The van der Waals surface area contributed by atoms with E-state index in [1.165, 1.54) is 11.1 Å². The number of amides is 1. The fourth-order valence-electron chi connectivity index (χ4n) is 2.32. The molecule has 1 aliphatic rings. The van der Waals surface area contributed by atoms with Gasteiger partial charge in [0, 0.05) is 13.1 Å². The molecule has 0 bridgehead atoms. The lowest BCUT2D eigenvalue weighted by Crippen LogP contribution is -2.44. The van der Waals surface area contributed by atoms with Gasteiger partial charge in [-0.15, -0.1) is 0 Å². The van der Waals surface area contributed by atoms with Gasteiger partial charge < -0.3 is 15.4 Å². The van der Waals surface area contributed by atoms with E-state index in [4.69, 9.17) is 10.5 Å². The second-order valence-corrected chi connectivity index (χ2v) is 5.08. The van der Waals surface area contributed by atoms with E-state index in [9.17, 15) is 4.79 Å². The van der Waals surface area contributed by atoms with Crippen molar-refractivity contribution in [2.45, 2.75) is 39.3 Å². The lowest BCUT2D eigenvalue weighted by atomic mass is 9.99. The zero-order chi connectivity index (χ0) is 13.8. The Morgan fingerprint density at radius 1 is 1.47 bits per heavy atom. The standard InChI is InChI=1S/C15H22N2O2/c1-3-8-19-14-5-4-13-10-17(15(18)11(2)16)7-6-12(13)9-14/h4-5,9,11H,3,6-8,10,16H2,1-2H3. The van der Waals surface area contributed by atoms with Crippen LogP contribution in [0, 0.1) is 0 Å². The van der Waals surface area contributed by atoms with Crippen LogP contribution in [-0.2, 0) is 17.8 Å². The van der Waals surface area contributed by atoms with Gasteiger partial charge in [-0.05, 0) is 43.0 Å². The van der Waals surface area contributed by atoms with Gasteiger partial charge in [-0.2, -0.15) is 0 Å². The van der Waals surface area contributed by atoms with Crippen LogP contribution in [-0.4, -0.2) is 30.0 Å². The average molecular weight is 262 g/mol. The molecule has 0 saturated heterocycles. The number of ether oxygens (including phenoxy) is 1. The van der Waals surface area contributed by atoms with E-state index in [1.807, 2.05) is 11.0 Å². The maximum atomic E-state index is 11.9. The molecule has 0 aromatic heterocycles. The minimum Gasteiger partial charge on any atom is -0.494 e. The van der Waals surface area contributed by atoms with Crippen LogP contribution in [0.5, 0.6) is 5.75 Å². The molecule has 0 fully saturated rings. The van der Waals surface area contributed by atoms with E-state index >= 15 is 0 Å². The third-order valence-electron chi connectivity index (χ3n) is 3.36. The van der Waals surface area contributed by atoms with Gasteiger partial charge in [-0.1, -0.05) is 13.0 Å². The predicted molar refractivity (Wildman–Crippen MR) is 75.0 cm³/mol. The number of benzene rings is 1. The topological polar surface area (TPSA) is 55.6 Å². The van der Waals surface area contributed by atoms with Crippen molar-refractivity contribution in [2.75, 3.05) is 13.2 Å². The lowest BCUT2D eigenvalue weighted by molar-refractivity contribution is -0.133. The molecule has 1 amide bonds. The number of hydrogen-bond donors (Lipinski definition) is 1. The van der Waals surface area contributed by atoms with Crippen molar-refractivity contribution in [3.8, 4) is 5.75 Å². The van der Waals surface area contributed by atoms with E-state index in [0.717, 1.165) is 31.7 Å². The van der Waals surface area contributed by atoms with E-state index < -0.39 is 6.04 Å². The smallest absolute Gasteiger partial charge is 0.239 e. The maximum Gasteiger partial charge on any atom is 0.239 e. The second-order valence-electron chi connectivity index (χ2n) is 5.08. The van der Waals surface area contributed by atoms with Crippen molar-refractivity contribution < 1.29 is 9.53 Å². The van der Waals surface area contributed by atoms with Crippen molar-refractivity contribution >= 4 is 5.91 Å². The Hall–Kier alpha value is -1.55. The number of rotatable bonds is 4. The molecule has 4 heteroatoms. The van der Waals surface area contributed by atoms with Gasteiger partial charge in [-0.3, -0.25) is 4.79 Å². The molecule has 1 atom stereocenters. The minimum absolute atomic E-state index is 0.0250. The van der Waals surface area contributed by atoms with E-state index in [1.54, 1.807) is 6.92 Å². The molecule has 0 aliphatic carbocycles. The Morgan fingerprint density at radius 2 is 2.26 bits per heavy atom. The van der Waals surface area contributed by atoms with Crippen LogP contribution in [0.25, 0.3) is 0 Å². The van der Waals surface area contributed by atoms with Gasteiger partial charge in [0.15, 0.2) is 0 Å². The molecule has 1 aromatic carbocycles. The molecular formula is C15H22N2O2. The summed E-state index contributed by atoms with van der Waals surface area (Å²) < 4.78 is 5.63. The number of carbonyl (C=O) groups excluding carboxylic acids is 1. The van der Waals surface area contributed by atoms with E-state index in [0.29, 0.717) is 6.54 Å². The van der Waals surface area contributed by atoms with Crippen molar-refractivity contribution in [3.05, 3.63) is 29.3 Å². The van der Waals surface area contributed by atoms with Crippen LogP contribution in [0.15, 0.2) is 18.2 Å². The van der Waals surface area contributed by atoms with Crippen LogP contribution >= 0.6 is 0 Å². The first-order valence-corrected chi connectivity index (χ1v) is 6.90. The fourth-order valence-corrected chi connectivity index (χ4v) is 2.32. The Labute approximate surface area is 114 Å². The highest BCUT2D eigenvalue weighted by Gasteiger charge is 2.22. The Morgan fingerprint density at radius 3 is 2.95 bits per heavy atom. The Bertz CT molecular complexity index is 457. The van der Waals surface area contributed by atoms with Gasteiger partial charge in [-0.25, -0.2) is 0 Å². The quantitative estimate of drug-likeness (QED) is 0.898. The highest BCUT2D eigenvalue weighted by Crippen LogP contribution is 2.24. The van der Waals surface area contributed by atoms with Crippen molar-refractivity contribution in [1.29, 1.82) is 0 Å². The van der Waals surface area contributed by atoms with E-state index in [-0.39, 0.29) is 5.91 Å². The molecule has 1 heterocycles. The normalized spacial score (nSPS) is 15.8. The predicted octanol–water partition coefficient (Wildman–Crippen LogP) is 1.71. The SMILES string of the molecule is CCCOc1ccc2c(c1)CCN(C(=O)C(C)N)C2. The Balaban J connectivity index is 2.08. The summed E-state index contributed by atoms with van der Waals surface area (Å²) in [4.78, 5) is 13.7. The number of fused-ring (bicyclic) bond motifs is 1. The summed E-state index contributed by atoms with van der Waals surface area (Å²) in [5.74, 6) is 0.949. The summed E-state index contributed by atoms with van der Waals surface area (Å²) in [6.07, 6.45) is 1.88. The Kier molecular flexibility index (Phi) is 4.43. The molecule has 0 spiro atoms. The van der Waals surface area contributed by atoms with Crippen molar-refractivity contribution in [1.82, 2.24) is 4.90 Å². The third-order valence-corrected chi connectivity index (χ3v) is 3.36. The molecule has 0 radical (unpaired) electrons. The first kappa shape index (κ1) is 13.9. The molecule has 19 heavy (non-hydrogen) atoms. The monoisotopic (exact) mass is 262 g/mol. The van der Waals surface area contributed by atoms with Gasteiger partial charge in [0.05, 0.1) is 12.6 Å². The van der Waals surface area contributed by atoms with Crippen LogP contribution in [0.2, 0.25) is 0 Å². The van der Waals surface area contributed by atoms with Crippen molar-refractivity contribution in [2.24, 2.45) is 5.73 Å². The third kappa shape index (κ3) is 3.26. The second kappa shape index (κ2) is 6.06. The van der Waals surface area contributed by atoms with Crippen LogP contribution in [0.3, 0.4) is 0 Å². The fraction of sp³-hybridized carbons (Fsp3) is 0.533. The first-order valence-electron chi connectivity index (χ1n) is 6.90. The summed E-state index contributed by atoms with van der Waals surface area (Å²) in [6, 6.07) is 5.71. The maximum absolute atomic E-state index is 11.9. The van der Waals surface area contributed by atoms with E-state index in [2.05, 4.69) is 19.1 Å². The summed E-state index contributed by atoms with van der Waals surface area (Å²) in [5.41, 5.74) is 8.13. The molecular weight excluding hydrogens is 240 g/mol. The molecule has 1 unspecified atom stereocenters. The zero-order valence-electron chi connectivity index (χ0n) is 11.7. The number of carbonyl (C=O) groups is 1. The van der Waals surface area contributed by atoms with Gasteiger partial charge in [0.1, 0.15) is 5.75 Å². The lowest BCUT2D eigenvalue weighted by Gasteiger charge is -2.30. The molecule has 1 aromatic rings. The highest BCUT2D eigenvalue weighted by molar-refractivity contribution is 5.81. The zero-order valence-corrected chi connectivity index (χ0v) is 11.7. The molecule has 2 rings (SSSR count). The largest absolute Gasteiger partial charge is 0.494 e. The van der Waals surface area contributed by atoms with Gasteiger partial charge in [0.25, 0.3) is 0 Å². The summed E-state index contributed by atoms with van der Waals surface area (Å²) in [7, 11) is 0. The van der Waals surface area contributed by atoms with Crippen LogP contribution < -0.4 is 10.5 Å². The number of hydrogen-bond acceptors (Lipinski definition) is 3. The molecule has 4 nitrogen and oxygen atoms in total. The molecule has 2 N–H and O–H groups in total. The van der Waals surface area contributed by atoms with Crippen LogP contribution in [0.1, 0.15) is 31.4 Å². The van der Waals surface area contributed by atoms with Gasteiger partial charge in [0.2, 0.25) is 5.91 Å². The van der Waals surface area contributed by atoms with Crippen molar-refractivity contribution in [3.63, 3.8) is 0 Å². The summed E-state index contributed by atoms with van der Waals surface area (Å²) in [6.45, 7) is 5.97. The molecule has 104 valence electrons. The number of nitrogens with zero attached hydrogens (tertiary/aromatic N) is 1. The number of nitrogens with two attached hydrogens (primary N) is 1. The summed E-state index contributed by atoms with van der Waals surface area (Å²) >= 11 is 0. The minimum atomic E-state index is -0.422. The van der Waals surface area contributed by atoms with Gasteiger partial charge >= 0.3 is 0 Å². The highest BCUT2D eigenvalue weighted by atomic mass is 16.5. The average Bonchev–Trinajstić information content (AvgIpc) is 2.43. The molecule has 0 saturated carbocycles. The van der Waals surface area contributed by atoms with Crippen LogP contribution in [0.4, 0.5) is 0 Å². The first-order chi connectivity index (χ1) is 9.11. The molecule has 1 aliphatic heterocycles.